The highest BCUT2D eigenvalue weighted by Gasteiger charge is 2.09. The van der Waals surface area contributed by atoms with E-state index in [1.807, 2.05) is 32.0 Å². The number of hydrogen-bond acceptors (Lipinski definition) is 4. The predicted octanol–water partition coefficient (Wildman–Crippen LogP) is 1.10. The van der Waals surface area contributed by atoms with Crippen LogP contribution in [0.4, 0.5) is 0 Å². The summed E-state index contributed by atoms with van der Waals surface area (Å²) in [4.78, 5) is 31.1. The molecule has 0 radical (unpaired) electrons. The average molecular weight is 284 g/mol. The zero-order chi connectivity index (χ0) is 15.2. The van der Waals surface area contributed by atoms with Crippen LogP contribution in [0.5, 0.6) is 0 Å². The van der Waals surface area contributed by atoms with Gasteiger partial charge in [-0.1, -0.05) is 18.2 Å². The maximum absolute atomic E-state index is 11.8. The number of hydrogen-bond donors (Lipinski definition) is 2. The van der Waals surface area contributed by atoms with Crippen molar-refractivity contribution in [1.82, 2.24) is 20.8 Å². The van der Waals surface area contributed by atoms with Crippen LogP contribution in [0.25, 0.3) is 0 Å². The maximum atomic E-state index is 11.8. The molecule has 2 N–H and O–H groups in total. The Morgan fingerprint density at radius 3 is 2.57 bits per heavy atom. The molecule has 0 spiro atoms. The molecule has 6 nitrogen and oxygen atoms in total. The van der Waals surface area contributed by atoms with Gasteiger partial charge in [-0.2, -0.15) is 0 Å². The molecule has 0 fully saturated rings. The van der Waals surface area contributed by atoms with Gasteiger partial charge in [0.1, 0.15) is 5.69 Å². The molecule has 108 valence electrons. The number of amides is 2. The molecule has 21 heavy (non-hydrogen) atoms. The van der Waals surface area contributed by atoms with Gasteiger partial charge in [-0.25, -0.2) is 4.98 Å². The number of aryl methyl sites for hydroxylation is 2. The van der Waals surface area contributed by atoms with Crippen LogP contribution < -0.4 is 10.9 Å². The van der Waals surface area contributed by atoms with Crippen molar-refractivity contribution in [3.63, 3.8) is 0 Å². The zero-order valence-electron chi connectivity index (χ0n) is 11.9. The highest BCUT2D eigenvalue weighted by atomic mass is 16.2. The molecular weight excluding hydrogens is 268 g/mol. The van der Waals surface area contributed by atoms with Gasteiger partial charge < -0.3 is 0 Å². The molecule has 0 saturated heterocycles. The van der Waals surface area contributed by atoms with Gasteiger partial charge in [0.25, 0.3) is 5.91 Å². The Balaban J connectivity index is 1.87. The number of rotatable bonds is 3. The Labute approximate surface area is 122 Å². The minimum absolute atomic E-state index is 0.143. The summed E-state index contributed by atoms with van der Waals surface area (Å²) in [5, 5.41) is 0. The molecule has 1 heterocycles. The van der Waals surface area contributed by atoms with Crippen molar-refractivity contribution in [2.24, 2.45) is 0 Å². The first-order valence-electron chi connectivity index (χ1n) is 6.47. The molecule has 0 bridgehead atoms. The van der Waals surface area contributed by atoms with Crippen LogP contribution in [-0.2, 0) is 11.2 Å². The van der Waals surface area contributed by atoms with Gasteiger partial charge in [0.05, 0.1) is 12.6 Å². The fourth-order valence-electron chi connectivity index (χ4n) is 1.75. The van der Waals surface area contributed by atoms with Crippen LogP contribution in [-0.4, -0.2) is 21.8 Å². The molecule has 6 heteroatoms. The molecule has 0 unspecified atom stereocenters. The maximum Gasteiger partial charge on any atom is 0.289 e. The topological polar surface area (TPSA) is 84.0 Å². The van der Waals surface area contributed by atoms with Gasteiger partial charge >= 0.3 is 0 Å². The number of carbonyl (C=O) groups is 2. The Bertz CT molecular complexity index is 656. The molecule has 1 aromatic carbocycles. The predicted molar refractivity (Wildman–Crippen MR) is 77.3 cm³/mol. The normalized spacial score (nSPS) is 10.0. The highest BCUT2D eigenvalue weighted by molar-refractivity contribution is 5.93. The number of benzene rings is 1. The van der Waals surface area contributed by atoms with E-state index in [4.69, 9.17) is 0 Å². The average Bonchev–Trinajstić information content (AvgIpc) is 2.49. The summed E-state index contributed by atoms with van der Waals surface area (Å²) in [7, 11) is 0. The number of carbonyl (C=O) groups excluding carboxylic acids is 2. The van der Waals surface area contributed by atoms with Crippen molar-refractivity contribution >= 4 is 11.8 Å². The van der Waals surface area contributed by atoms with Gasteiger partial charge in [-0.15, -0.1) is 0 Å². The summed E-state index contributed by atoms with van der Waals surface area (Å²) in [5.41, 5.74) is 8.00. The fraction of sp³-hybridized carbons (Fsp3) is 0.200. The molecular formula is C15H16N4O2. The molecule has 2 rings (SSSR count). The van der Waals surface area contributed by atoms with E-state index in [-0.39, 0.29) is 18.0 Å². The van der Waals surface area contributed by atoms with E-state index >= 15 is 0 Å². The van der Waals surface area contributed by atoms with E-state index in [2.05, 4.69) is 20.8 Å². The molecule has 0 aliphatic rings. The number of hydrazine groups is 1. The van der Waals surface area contributed by atoms with E-state index < -0.39 is 5.91 Å². The lowest BCUT2D eigenvalue weighted by Crippen LogP contribution is -2.42. The summed E-state index contributed by atoms with van der Waals surface area (Å²) in [6.45, 7) is 4.01. The largest absolute Gasteiger partial charge is 0.289 e. The van der Waals surface area contributed by atoms with Crippen molar-refractivity contribution in [2.75, 3.05) is 0 Å². The zero-order valence-corrected chi connectivity index (χ0v) is 11.9. The van der Waals surface area contributed by atoms with Crippen molar-refractivity contribution in [1.29, 1.82) is 0 Å². The SMILES string of the molecule is Cc1ccc(CC(=O)NNC(=O)c2cnccn2)cc1C. The molecule has 0 aliphatic carbocycles. The lowest BCUT2D eigenvalue weighted by Gasteiger charge is -2.08. The van der Waals surface area contributed by atoms with Gasteiger partial charge in [0.15, 0.2) is 0 Å². The number of aromatic nitrogens is 2. The van der Waals surface area contributed by atoms with Gasteiger partial charge in [0.2, 0.25) is 5.91 Å². The van der Waals surface area contributed by atoms with E-state index in [1.54, 1.807) is 0 Å². The summed E-state index contributed by atoms with van der Waals surface area (Å²) in [6, 6.07) is 5.82. The van der Waals surface area contributed by atoms with Crippen LogP contribution >= 0.6 is 0 Å². The minimum atomic E-state index is -0.503. The first kappa shape index (κ1) is 14.6. The van der Waals surface area contributed by atoms with Crippen LogP contribution in [0.1, 0.15) is 27.2 Å². The Kier molecular flexibility index (Phi) is 4.61. The molecule has 1 aromatic heterocycles. The van der Waals surface area contributed by atoms with Crippen molar-refractivity contribution < 1.29 is 9.59 Å². The monoisotopic (exact) mass is 284 g/mol. The minimum Gasteiger partial charge on any atom is -0.273 e. The molecule has 2 aromatic rings. The second-order valence-electron chi connectivity index (χ2n) is 4.69. The van der Waals surface area contributed by atoms with Gasteiger partial charge in [-0.05, 0) is 30.5 Å². The summed E-state index contributed by atoms with van der Waals surface area (Å²) >= 11 is 0. The molecule has 2 amide bonds. The van der Waals surface area contributed by atoms with Gasteiger partial charge in [-0.3, -0.25) is 25.4 Å². The Morgan fingerprint density at radius 1 is 1.10 bits per heavy atom. The number of nitrogens with one attached hydrogen (secondary N) is 2. The molecule has 0 atom stereocenters. The standard InChI is InChI=1S/C15H16N4O2/c1-10-3-4-12(7-11(10)2)8-14(20)18-19-15(21)13-9-16-5-6-17-13/h3-7,9H,8H2,1-2H3,(H,18,20)(H,19,21). The highest BCUT2D eigenvalue weighted by Crippen LogP contribution is 2.10. The lowest BCUT2D eigenvalue weighted by molar-refractivity contribution is -0.121. The summed E-state index contributed by atoms with van der Waals surface area (Å²) in [6.07, 6.45) is 4.40. The third-order valence-corrected chi connectivity index (χ3v) is 3.05. The van der Waals surface area contributed by atoms with E-state index in [0.717, 1.165) is 11.1 Å². The quantitative estimate of drug-likeness (QED) is 0.827. The van der Waals surface area contributed by atoms with Crippen molar-refractivity contribution in [2.45, 2.75) is 20.3 Å². The first-order chi connectivity index (χ1) is 10.1. The molecule has 0 aliphatic heterocycles. The second-order valence-corrected chi connectivity index (χ2v) is 4.69. The number of nitrogens with zero attached hydrogens (tertiary/aromatic N) is 2. The van der Waals surface area contributed by atoms with Crippen LogP contribution in [0.3, 0.4) is 0 Å². The Hall–Kier alpha value is -2.76. The summed E-state index contributed by atoms with van der Waals surface area (Å²) < 4.78 is 0. The van der Waals surface area contributed by atoms with Crippen LogP contribution in [0.2, 0.25) is 0 Å². The van der Waals surface area contributed by atoms with Crippen molar-refractivity contribution in [3.05, 3.63) is 59.2 Å². The van der Waals surface area contributed by atoms with E-state index in [9.17, 15) is 9.59 Å². The second kappa shape index (κ2) is 6.60. The first-order valence-corrected chi connectivity index (χ1v) is 6.47. The van der Waals surface area contributed by atoms with Crippen LogP contribution in [0.15, 0.2) is 36.8 Å². The lowest BCUT2D eigenvalue weighted by atomic mass is 10.0. The van der Waals surface area contributed by atoms with E-state index in [0.29, 0.717) is 0 Å². The van der Waals surface area contributed by atoms with Crippen molar-refractivity contribution in [3.8, 4) is 0 Å². The Morgan fingerprint density at radius 2 is 1.90 bits per heavy atom. The fourth-order valence-corrected chi connectivity index (χ4v) is 1.75. The summed E-state index contributed by atoms with van der Waals surface area (Å²) in [5.74, 6) is -0.799. The van der Waals surface area contributed by atoms with E-state index in [1.165, 1.54) is 24.2 Å². The third-order valence-electron chi connectivity index (χ3n) is 3.05. The third kappa shape index (κ3) is 4.10. The van der Waals surface area contributed by atoms with Crippen LogP contribution in [0, 0.1) is 13.8 Å². The van der Waals surface area contributed by atoms with Gasteiger partial charge in [0, 0.05) is 12.4 Å². The smallest absolute Gasteiger partial charge is 0.273 e. The molecule has 0 saturated carbocycles.